The summed E-state index contributed by atoms with van der Waals surface area (Å²) >= 11 is 0. The molecule has 0 radical (unpaired) electrons. The van der Waals surface area contributed by atoms with Crippen LogP contribution in [0.25, 0.3) is 0 Å². The molecule has 1 atom stereocenters. The van der Waals surface area contributed by atoms with Gasteiger partial charge in [0.25, 0.3) is 0 Å². The molecule has 0 saturated carbocycles. The number of aromatic nitrogens is 3. The van der Waals surface area contributed by atoms with E-state index in [0.29, 0.717) is 17.8 Å². The summed E-state index contributed by atoms with van der Waals surface area (Å²) in [6, 6.07) is 18.7. The number of hydrogen-bond donors (Lipinski definition) is 0. The second-order valence-corrected chi connectivity index (χ2v) is 8.26. The Kier molecular flexibility index (Phi) is 5.92. The number of fused-ring (bicyclic) bond motifs is 1. The number of halogens is 3. The second kappa shape index (κ2) is 9.17. The fraction of sp³-hybridized carbons (Fsp3) is 0.185. The Hall–Kier alpha value is -3.87. The number of rotatable bonds is 6. The SMILES string of the molecule is FC(F)(F)CC1=Nc2ccccc2C1c1ncccc1CC(c1cccnc1)c1cccnc1. The lowest BCUT2D eigenvalue weighted by Crippen LogP contribution is -2.21. The summed E-state index contributed by atoms with van der Waals surface area (Å²) in [6.07, 6.45) is 3.80. The van der Waals surface area contributed by atoms with E-state index in [9.17, 15) is 13.2 Å². The smallest absolute Gasteiger partial charge is 0.264 e. The maximum atomic E-state index is 13.5. The van der Waals surface area contributed by atoms with Gasteiger partial charge in [0, 0.05) is 42.6 Å². The average Bonchev–Trinajstić information content (AvgIpc) is 3.20. The first-order valence-electron chi connectivity index (χ1n) is 11.0. The molecule has 0 amide bonds. The van der Waals surface area contributed by atoms with E-state index in [1.54, 1.807) is 30.7 Å². The summed E-state index contributed by atoms with van der Waals surface area (Å²) in [4.78, 5) is 17.5. The fourth-order valence-corrected chi connectivity index (χ4v) is 4.58. The summed E-state index contributed by atoms with van der Waals surface area (Å²) in [5.41, 5.74) is 4.88. The van der Waals surface area contributed by atoms with Crippen molar-refractivity contribution in [3.63, 3.8) is 0 Å². The Labute approximate surface area is 195 Å². The first-order valence-corrected chi connectivity index (χ1v) is 11.0. The molecule has 0 N–H and O–H groups in total. The van der Waals surface area contributed by atoms with Crippen LogP contribution in [0.5, 0.6) is 0 Å². The molecular formula is C27H21F3N4. The minimum absolute atomic E-state index is 0.0768. The van der Waals surface area contributed by atoms with Gasteiger partial charge in [-0.2, -0.15) is 13.2 Å². The molecule has 0 bridgehead atoms. The summed E-state index contributed by atoms with van der Waals surface area (Å²) in [5, 5.41) is 0. The van der Waals surface area contributed by atoms with Crippen molar-refractivity contribution >= 4 is 11.4 Å². The van der Waals surface area contributed by atoms with Crippen molar-refractivity contribution in [2.24, 2.45) is 4.99 Å². The highest BCUT2D eigenvalue weighted by molar-refractivity contribution is 6.00. The van der Waals surface area contributed by atoms with Crippen LogP contribution in [-0.2, 0) is 6.42 Å². The van der Waals surface area contributed by atoms with E-state index in [1.807, 2.05) is 60.9 Å². The average molecular weight is 458 g/mol. The summed E-state index contributed by atoms with van der Waals surface area (Å²) in [6.45, 7) is 0. The van der Waals surface area contributed by atoms with Crippen LogP contribution in [0, 0.1) is 0 Å². The third-order valence-corrected chi connectivity index (χ3v) is 6.02. The van der Waals surface area contributed by atoms with Crippen LogP contribution in [0.2, 0.25) is 0 Å². The van der Waals surface area contributed by atoms with Gasteiger partial charge in [0.2, 0.25) is 0 Å². The molecular weight excluding hydrogens is 437 g/mol. The zero-order valence-electron chi connectivity index (χ0n) is 18.2. The molecule has 3 aromatic heterocycles. The molecule has 34 heavy (non-hydrogen) atoms. The van der Waals surface area contributed by atoms with Gasteiger partial charge in [-0.05, 0) is 52.9 Å². The van der Waals surface area contributed by atoms with Crippen molar-refractivity contribution in [1.82, 2.24) is 15.0 Å². The van der Waals surface area contributed by atoms with E-state index in [2.05, 4.69) is 19.9 Å². The molecule has 1 aliphatic heterocycles. The van der Waals surface area contributed by atoms with Crippen LogP contribution in [0.3, 0.4) is 0 Å². The van der Waals surface area contributed by atoms with Crippen molar-refractivity contribution in [2.75, 3.05) is 0 Å². The van der Waals surface area contributed by atoms with E-state index in [-0.39, 0.29) is 11.6 Å². The lowest BCUT2D eigenvalue weighted by Gasteiger charge is -2.22. The second-order valence-electron chi connectivity index (χ2n) is 8.26. The quantitative estimate of drug-likeness (QED) is 0.335. The number of pyridine rings is 3. The molecule has 7 heteroatoms. The summed E-state index contributed by atoms with van der Waals surface area (Å²) in [5.74, 6) is -0.720. The van der Waals surface area contributed by atoms with Crippen molar-refractivity contribution < 1.29 is 13.2 Å². The fourth-order valence-electron chi connectivity index (χ4n) is 4.58. The van der Waals surface area contributed by atoms with Gasteiger partial charge in [-0.15, -0.1) is 0 Å². The maximum absolute atomic E-state index is 13.5. The van der Waals surface area contributed by atoms with Gasteiger partial charge in [-0.1, -0.05) is 36.4 Å². The Morgan fingerprint density at radius 3 is 2.12 bits per heavy atom. The third-order valence-electron chi connectivity index (χ3n) is 6.02. The molecule has 4 heterocycles. The zero-order chi connectivity index (χ0) is 23.5. The molecule has 5 rings (SSSR count). The van der Waals surface area contributed by atoms with Crippen molar-refractivity contribution in [3.8, 4) is 0 Å². The van der Waals surface area contributed by atoms with Crippen LogP contribution in [-0.4, -0.2) is 26.8 Å². The van der Waals surface area contributed by atoms with Crippen molar-refractivity contribution in [3.05, 3.63) is 120 Å². The Morgan fingerprint density at radius 2 is 1.47 bits per heavy atom. The highest BCUT2D eigenvalue weighted by Gasteiger charge is 2.39. The highest BCUT2D eigenvalue weighted by atomic mass is 19.4. The van der Waals surface area contributed by atoms with Gasteiger partial charge < -0.3 is 0 Å². The zero-order valence-corrected chi connectivity index (χ0v) is 18.2. The molecule has 170 valence electrons. The van der Waals surface area contributed by atoms with Crippen LogP contribution >= 0.6 is 0 Å². The summed E-state index contributed by atoms with van der Waals surface area (Å²) in [7, 11) is 0. The van der Waals surface area contributed by atoms with Gasteiger partial charge >= 0.3 is 6.18 Å². The first-order chi connectivity index (χ1) is 16.5. The Bertz CT molecular complexity index is 1260. The van der Waals surface area contributed by atoms with Gasteiger partial charge in [0.1, 0.15) is 0 Å². The van der Waals surface area contributed by atoms with E-state index in [4.69, 9.17) is 0 Å². The van der Waals surface area contributed by atoms with Crippen LogP contribution in [0.4, 0.5) is 18.9 Å². The highest BCUT2D eigenvalue weighted by Crippen LogP contribution is 2.43. The number of para-hydroxylation sites is 1. The molecule has 4 aromatic rings. The normalized spacial score (nSPS) is 15.3. The predicted molar refractivity (Wildman–Crippen MR) is 124 cm³/mol. The van der Waals surface area contributed by atoms with Gasteiger partial charge in [-0.3, -0.25) is 19.9 Å². The van der Waals surface area contributed by atoms with E-state index < -0.39 is 18.5 Å². The standard InChI is InChI=1S/C27H21F3N4/c28-27(29,30)15-24-25(21-9-1-2-10-23(21)34-24)26-18(6-5-13-33-26)14-22(19-7-3-11-31-16-19)20-8-4-12-32-17-20/h1-13,16-17,22,25H,14-15H2. The molecule has 0 spiro atoms. The van der Waals surface area contributed by atoms with Gasteiger partial charge in [-0.25, -0.2) is 0 Å². The summed E-state index contributed by atoms with van der Waals surface area (Å²) < 4.78 is 40.4. The lowest BCUT2D eigenvalue weighted by atomic mass is 9.82. The number of nitrogens with zero attached hydrogens (tertiary/aromatic N) is 4. The minimum Gasteiger partial charge on any atom is -0.264 e. The molecule has 0 saturated heterocycles. The molecule has 4 nitrogen and oxygen atoms in total. The molecule has 1 unspecified atom stereocenters. The van der Waals surface area contributed by atoms with Gasteiger partial charge in [0.05, 0.1) is 23.7 Å². The third kappa shape index (κ3) is 4.59. The molecule has 0 fully saturated rings. The topological polar surface area (TPSA) is 51.0 Å². The molecule has 0 aliphatic carbocycles. The Balaban J connectivity index is 1.59. The molecule has 1 aromatic carbocycles. The van der Waals surface area contributed by atoms with Crippen molar-refractivity contribution in [1.29, 1.82) is 0 Å². The maximum Gasteiger partial charge on any atom is 0.394 e. The number of aliphatic imine (C=N–C) groups is 1. The van der Waals surface area contributed by atoms with E-state index in [0.717, 1.165) is 22.3 Å². The number of alkyl halides is 3. The monoisotopic (exact) mass is 458 g/mol. The molecule has 1 aliphatic rings. The van der Waals surface area contributed by atoms with Crippen LogP contribution in [0.1, 0.15) is 46.2 Å². The largest absolute Gasteiger partial charge is 0.394 e. The van der Waals surface area contributed by atoms with Crippen LogP contribution in [0.15, 0.2) is 96.6 Å². The van der Waals surface area contributed by atoms with Crippen LogP contribution < -0.4 is 0 Å². The number of benzene rings is 1. The predicted octanol–water partition coefficient (Wildman–Crippen LogP) is 6.42. The minimum atomic E-state index is -4.36. The van der Waals surface area contributed by atoms with Gasteiger partial charge in [0.15, 0.2) is 0 Å². The van der Waals surface area contributed by atoms with Crippen molar-refractivity contribution in [2.45, 2.75) is 30.9 Å². The lowest BCUT2D eigenvalue weighted by molar-refractivity contribution is -0.121. The Morgan fingerprint density at radius 1 is 0.794 bits per heavy atom. The van der Waals surface area contributed by atoms with E-state index >= 15 is 0 Å². The number of hydrogen-bond acceptors (Lipinski definition) is 4. The van der Waals surface area contributed by atoms with E-state index in [1.165, 1.54) is 0 Å². The first kappa shape index (κ1) is 21.9.